The van der Waals surface area contributed by atoms with E-state index in [0.29, 0.717) is 22.8 Å². The highest BCUT2D eigenvalue weighted by atomic mass is 19.1. The Kier molecular flexibility index (Phi) is 9.58. The molecule has 0 bridgehead atoms. The average Bonchev–Trinajstić information content (AvgIpc) is 3.42. The highest BCUT2D eigenvalue weighted by Gasteiger charge is 2.11. The molecule has 1 atom stereocenters. The SMILES string of the molecule is CC(CCN(C)C)ONC(=O)c1ccc(Nc2nc3ccc(-c4ccc(NC(=O)Cc5ccc(F)cc5)cc4)cn3n2)cc1. The van der Waals surface area contributed by atoms with Crippen LogP contribution in [0.5, 0.6) is 0 Å². The molecule has 44 heavy (non-hydrogen) atoms. The molecular formula is C33H34FN7O3. The second kappa shape index (κ2) is 13.9. The van der Waals surface area contributed by atoms with E-state index in [-0.39, 0.29) is 30.2 Å². The number of nitrogens with one attached hydrogen (secondary N) is 3. The first-order valence-electron chi connectivity index (χ1n) is 14.2. The van der Waals surface area contributed by atoms with Crippen LogP contribution in [-0.4, -0.2) is 58.1 Å². The maximum atomic E-state index is 13.1. The third-order valence-corrected chi connectivity index (χ3v) is 6.85. The van der Waals surface area contributed by atoms with E-state index in [4.69, 9.17) is 4.84 Å². The molecule has 3 N–H and O–H groups in total. The number of hydrogen-bond acceptors (Lipinski definition) is 7. The summed E-state index contributed by atoms with van der Waals surface area (Å²) in [5.74, 6) is -0.411. The lowest BCUT2D eigenvalue weighted by Gasteiger charge is -2.16. The summed E-state index contributed by atoms with van der Waals surface area (Å²) in [5.41, 5.74) is 7.65. The summed E-state index contributed by atoms with van der Waals surface area (Å²) < 4.78 is 14.8. The topological polar surface area (TPSA) is 113 Å². The Morgan fingerprint density at radius 2 is 1.59 bits per heavy atom. The van der Waals surface area contributed by atoms with Gasteiger partial charge in [-0.3, -0.25) is 14.4 Å². The van der Waals surface area contributed by atoms with Crippen molar-refractivity contribution in [3.63, 3.8) is 0 Å². The van der Waals surface area contributed by atoms with Gasteiger partial charge in [-0.05, 0) is 99.2 Å². The molecule has 5 aromatic rings. The van der Waals surface area contributed by atoms with Crippen LogP contribution in [0, 0.1) is 5.82 Å². The molecule has 0 fully saturated rings. The summed E-state index contributed by atoms with van der Waals surface area (Å²) in [6.45, 7) is 2.78. The summed E-state index contributed by atoms with van der Waals surface area (Å²) >= 11 is 0. The third kappa shape index (κ3) is 8.24. The lowest BCUT2D eigenvalue weighted by atomic mass is 10.1. The van der Waals surface area contributed by atoms with Gasteiger partial charge < -0.3 is 15.5 Å². The van der Waals surface area contributed by atoms with Crippen LogP contribution >= 0.6 is 0 Å². The monoisotopic (exact) mass is 595 g/mol. The predicted octanol–water partition coefficient (Wildman–Crippen LogP) is 5.46. The van der Waals surface area contributed by atoms with Gasteiger partial charge in [0.1, 0.15) is 5.82 Å². The van der Waals surface area contributed by atoms with E-state index in [1.54, 1.807) is 40.9 Å². The number of benzene rings is 3. The van der Waals surface area contributed by atoms with Crippen LogP contribution in [0.25, 0.3) is 16.8 Å². The predicted molar refractivity (Wildman–Crippen MR) is 168 cm³/mol. The molecule has 11 heteroatoms. The molecule has 3 aromatic carbocycles. The average molecular weight is 596 g/mol. The lowest BCUT2D eigenvalue weighted by molar-refractivity contribution is -0.115. The van der Waals surface area contributed by atoms with Gasteiger partial charge in [0.15, 0.2) is 5.65 Å². The van der Waals surface area contributed by atoms with Crippen molar-refractivity contribution in [1.82, 2.24) is 25.0 Å². The maximum absolute atomic E-state index is 13.1. The zero-order chi connectivity index (χ0) is 31.1. The summed E-state index contributed by atoms with van der Waals surface area (Å²) in [6.07, 6.45) is 2.74. The molecule has 226 valence electrons. The summed E-state index contributed by atoms with van der Waals surface area (Å²) in [6, 6.07) is 24.2. The fraction of sp³-hybridized carbons (Fsp3) is 0.212. The molecule has 0 aliphatic carbocycles. The van der Waals surface area contributed by atoms with Crippen molar-refractivity contribution in [2.75, 3.05) is 31.3 Å². The zero-order valence-electron chi connectivity index (χ0n) is 24.8. The highest BCUT2D eigenvalue weighted by Crippen LogP contribution is 2.23. The molecule has 0 radical (unpaired) electrons. The summed E-state index contributed by atoms with van der Waals surface area (Å²) in [5, 5.41) is 10.6. The molecular weight excluding hydrogens is 561 g/mol. The first kappa shape index (κ1) is 30.3. The normalized spacial score (nSPS) is 11.8. The van der Waals surface area contributed by atoms with E-state index in [2.05, 4.69) is 31.1 Å². The molecule has 2 aromatic heterocycles. The van der Waals surface area contributed by atoms with E-state index >= 15 is 0 Å². The number of fused-ring (bicyclic) bond motifs is 1. The van der Waals surface area contributed by atoms with Crippen LogP contribution in [0.3, 0.4) is 0 Å². The second-order valence-corrected chi connectivity index (χ2v) is 10.7. The number of carbonyl (C=O) groups is 2. The molecule has 0 aliphatic rings. The minimum atomic E-state index is -0.332. The molecule has 0 saturated heterocycles. The number of nitrogens with zero attached hydrogens (tertiary/aromatic N) is 4. The molecule has 0 saturated carbocycles. The number of carbonyl (C=O) groups excluding carboxylic acids is 2. The zero-order valence-corrected chi connectivity index (χ0v) is 24.8. The minimum Gasteiger partial charge on any atom is -0.326 e. The number of aromatic nitrogens is 3. The Balaban J connectivity index is 1.16. The standard InChI is InChI=1S/C33H34FN7O3/c1-22(18-19-40(2)3)44-39-32(43)25-8-15-29(16-9-25)36-33-37-30-17-10-26(21-41(30)38-33)24-6-13-28(14-7-24)35-31(42)20-23-4-11-27(34)12-5-23/h4-17,21-22H,18-20H2,1-3H3,(H,35,42)(H,36,38)(H,39,43). The Hall–Kier alpha value is -5.13. The first-order chi connectivity index (χ1) is 21.2. The lowest BCUT2D eigenvalue weighted by Crippen LogP contribution is -2.30. The maximum Gasteiger partial charge on any atom is 0.274 e. The van der Waals surface area contributed by atoms with Gasteiger partial charge in [0.2, 0.25) is 11.9 Å². The number of hydrogen-bond donors (Lipinski definition) is 3. The van der Waals surface area contributed by atoms with Crippen LogP contribution < -0.4 is 16.1 Å². The van der Waals surface area contributed by atoms with Crippen molar-refractivity contribution in [3.8, 4) is 11.1 Å². The van der Waals surface area contributed by atoms with Gasteiger partial charge in [-0.15, -0.1) is 5.10 Å². The molecule has 2 amide bonds. The van der Waals surface area contributed by atoms with Gasteiger partial charge in [0.25, 0.3) is 5.91 Å². The van der Waals surface area contributed by atoms with Crippen LogP contribution in [0.4, 0.5) is 21.7 Å². The van der Waals surface area contributed by atoms with Crippen molar-refractivity contribution in [3.05, 3.63) is 108 Å². The second-order valence-electron chi connectivity index (χ2n) is 10.7. The van der Waals surface area contributed by atoms with Crippen LogP contribution in [0.1, 0.15) is 29.3 Å². The Labute approximate surface area is 254 Å². The number of pyridine rings is 1. The number of amides is 2. The van der Waals surface area contributed by atoms with Crippen LogP contribution in [-0.2, 0) is 16.1 Å². The van der Waals surface area contributed by atoms with Gasteiger partial charge >= 0.3 is 0 Å². The van der Waals surface area contributed by atoms with Gasteiger partial charge in [-0.25, -0.2) is 14.4 Å². The highest BCUT2D eigenvalue weighted by molar-refractivity contribution is 5.94. The Morgan fingerprint density at radius 3 is 2.30 bits per heavy atom. The summed E-state index contributed by atoms with van der Waals surface area (Å²) in [4.78, 5) is 36.9. The van der Waals surface area contributed by atoms with Gasteiger partial charge in [-0.1, -0.05) is 24.3 Å². The van der Waals surface area contributed by atoms with Crippen molar-refractivity contribution < 1.29 is 18.8 Å². The van der Waals surface area contributed by atoms with E-state index in [9.17, 15) is 14.0 Å². The van der Waals surface area contributed by atoms with Crippen LogP contribution in [0.15, 0.2) is 91.1 Å². The van der Waals surface area contributed by atoms with Crippen molar-refractivity contribution in [1.29, 1.82) is 0 Å². The van der Waals surface area contributed by atoms with E-state index < -0.39 is 0 Å². The fourth-order valence-electron chi connectivity index (χ4n) is 4.39. The van der Waals surface area contributed by atoms with Crippen molar-refractivity contribution in [2.24, 2.45) is 0 Å². The van der Waals surface area contributed by atoms with E-state index in [1.807, 2.05) is 63.6 Å². The van der Waals surface area contributed by atoms with E-state index in [0.717, 1.165) is 35.3 Å². The molecule has 0 spiro atoms. The summed E-state index contributed by atoms with van der Waals surface area (Å²) in [7, 11) is 3.98. The smallest absolute Gasteiger partial charge is 0.274 e. The molecule has 0 aliphatic heterocycles. The Morgan fingerprint density at radius 1 is 0.909 bits per heavy atom. The molecule has 5 rings (SSSR count). The number of rotatable bonds is 12. The minimum absolute atomic E-state index is 0.101. The molecule has 1 unspecified atom stereocenters. The fourth-order valence-corrected chi connectivity index (χ4v) is 4.39. The number of anilines is 3. The number of hydroxylamine groups is 1. The largest absolute Gasteiger partial charge is 0.326 e. The van der Waals surface area contributed by atoms with Gasteiger partial charge in [0.05, 0.1) is 12.5 Å². The third-order valence-electron chi connectivity index (χ3n) is 6.85. The molecule has 10 nitrogen and oxygen atoms in total. The van der Waals surface area contributed by atoms with Gasteiger partial charge in [-0.2, -0.15) is 4.98 Å². The van der Waals surface area contributed by atoms with Crippen LogP contribution in [0.2, 0.25) is 0 Å². The molecule has 2 heterocycles. The van der Waals surface area contributed by atoms with E-state index in [1.165, 1.54) is 12.1 Å². The quantitative estimate of drug-likeness (QED) is 0.164. The van der Waals surface area contributed by atoms with Gasteiger partial charge in [0, 0.05) is 35.2 Å². The van der Waals surface area contributed by atoms with Crippen molar-refractivity contribution >= 4 is 34.8 Å². The first-order valence-corrected chi connectivity index (χ1v) is 14.2. The number of halogens is 1. The Bertz CT molecular complexity index is 1720. The van der Waals surface area contributed by atoms with Crippen molar-refractivity contribution in [2.45, 2.75) is 25.9 Å².